The highest BCUT2D eigenvalue weighted by Gasteiger charge is 2.22. The lowest BCUT2D eigenvalue weighted by Crippen LogP contribution is -2.04. The van der Waals surface area contributed by atoms with Crippen LogP contribution in [0.25, 0.3) is 0 Å². The van der Waals surface area contributed by atoms with Crippen LogP contribution in [0.5, 0.6) is 0 Å². The lowest BCUT2D eigenvalue weighted by atomic mass is 10.2. The van der Waals surface area contributed by atoms with Crippen molar-refractivity contribution in [2.24, 2.45) is 0 Å². The summed E-state index contributed by atoms with van der Waals surface area (Å²) in [5.41, 5.74) is 0. The van der Waals surface area contributed by atoms with E-state index in [-0.39, 0.29) is 0 Å². The molecule has 1 aliphatic carbocycles. The molecule has 1 aliphatic rings. The molecule has 1 nitrogen and oxygen atoms in total. The summed E-state index contributed by atoms with van der Waals surface area (Å²) in [7, 11) is -2.35. The van der Waals surface area contributed by atoms with Crippen LogP contribution in [-0.2, 0) is 4.57 Å². The third-order valence-corrected chi connectivity index (χ3v) is 5.32. The van der Waals surface area contributed by atoms with E-state index in [1.54, 1.807) is 0 Å². The van der Waals surface area contributed by atoms with Gasteiger partial charge in [-0.3, -0.25) is 0 Å². The van der Waals surface area contributed by atoms with E-state index < -0.39 is 7.14 Å². The maximum atomic E-state index is 12.7. The first kappa shape index (κ1) is 10.4. The van der Waals surface area contributed by atoms with E-state index >= 15 is 0 Å². The van der Waals surface area contributed by atoms with Crippen LogP contribution in [0.4, 0.5) is 0 Å². The second-order valence-corrected chi connectivity index (χ2v) is 6.75. The molecule has 0 bridgehead atoms. The molecule has 1 aromatic carbocycles. The molecule has 0 amide bonds. The van der Waals surface area contributed by atoms with Gasteiger partial charge in [0.1, 0.15) is 7.14 Å². The zero-order valence-corrected chi connectivity index (χ0v) is 9.78. The molecule has 1 atom stereocenters. The monoisotopic (exact) mass is 218 g/mol. The first-order valence-corrected chi connectivity index (χ1v) is 7.37. The van der Waals surface area contributed by atoms with Gasteiger partial charge in [0.25, 0.3) is 0 Å². The Bertz CT molecular complexity index is 443. The molecule has 0 saturated heterocycles. The average Bonchev–Trinajstić information content (AvgIpc) is 2.31. The number of rotatable bonds is 2. The number of hydrogen-bond acceptors (Lipinski definition) is 1. The lowest BCUT2D eigenvalue weighted by Gasteiger charge is -2.16. The molecule has 0 heterocycles. The predicted molar refractivity (Wildman–Crippen MR) is 66.1 cm³/mol. The minimum absolute atomic E-state index is 0.947. The van der Waals surface area contributed by atoms with E-state index in [1.165, 1.54) is 0 Å². The average molecular weight is 218 g/mol. The molecule has 0 aromatic heterocycles. The third kappa shape index (κ3) is 2.13. The van der Waals surface area contributed by atoms with Gasteiger partial charge in [-0.2, -0.15) is 0 Å². The van der Waals surface area contributed by atoms with Crippen molar-refractivity contribution in [1.29, 1.82) is 0 Å². The first-order chi connectivity index (χ1) is 7.21. The van der Waals surface area contributed by atoms with Crippen LogP contribution < -0.4 is 5.30 Å². The van der Waals surface area contributed by atoms with E-state index in [2.05, 4.69) is 12.2 Å². The molecular formula is C13H15OP. The van der Waals surface area contributed by atoms with Gasteiger partial charge in [-0.05, 0) is 19.5 Å². The molecule has 15 heavy (non-hydrogen) atoms. The van der Waals surface area contributed by atoms with Gasteiger partial charge in [0.05, 0.1) is 0 Å². The van der Waals surface area contributed by atoms with Gasteiger partial charge >= 0.3 is 0 Å². The van der Waals surface area contributed by atoms with Gasteiger partial charge in [0, 0.05) is 10.6 Å². The van der Waals surface area contributed by atoms with Crippen molar-refractivity contribution in [3.8, 4) is 0 Å². The van der Waals surface area contributed by atoms with Crippen LogP contribution in [0.15, 0.2) is 53.9 Å². The van der Waals surface area contributed by atoms with Crippen LogP contribution >= 0.6 is 7.14 Å². The molecule has 1 unspecified atom stereocenters. The number of allylic oxidation sites excluding steroid dienone is 4. The molecule has 78 valence electrons. The van der Waals surface area contributed by atoms with E-state index in [9.17, 15) is 4.57 Å². The third-order valence-electron chi connectivity index (χ3n) is 2.72. The largest absolute Gasteiger partial charge is 0.314 e. The zero-order chi connectivity index (χ0) is 10.7. The SMILES string of the molecule is CP(=O)(C1=CCCC=C1)c1ccccc1. The Labute approximate surface area is 90.9 Å². The van der Waals surface area contributed by atoms with Crippen molar-refractivity contribution in [3.05, 3.63) is 53.9 Å². The van der Waals surface area contributed by atoms with E-state index in [0.29, 0.717) is 0 Å². The van der Waals surface area contributed by atoms with Crippen LogP contribution in [0.3, 0.4) is 0 Å². The lowest BCUT2D eigenvalue weighted by molar-refractivity contribution is 0.589. The maximum Gasteiger partial charge on any atom is 0.140 e. The Morgan fingerprint density at radius 3 is 2.47 bits per heavy atom. The van der Waals surface area contributed by atoms with Crippen molar-refractivity contribution >= 4 is 12.4 Å². The maximum absolute atomic E-state index is 12.7. The Morgan fingerprint density at radius 2 is 1.87 bits per heavy atom. The molecule has 0 radical (unpaired) electrons. The van der Waals surface area contributed by atoms with Crippen molar-refractivity contribution < 1.29 is 4.57 Å². The quantitative estimate of drug-likeness (QED) is 0.694. The summed E-state index contributed by atoms with van der Waals surface area (Å²) in [6.45, 7) is 1.85. The van der Waals surface area contributed by atoms with E-state index in [1.807, 2.05) is 43.1 Å². The highest BCUT2D eigenvalue weighted by atomic mass is 31.2. The smallest absolute Gasteiger partial charge is 0.140 e. The fourth-order valence-electron chi connectivity index (χ4n) is 1.78. The molecular weight excluding hydrogens is 203 g/mol. The molecule has 2 rings (SSSR count). The minimum atomic E-state index is -2.35. The van der Waals surface area contributed by atoms with Gasteiger partial charge < -0.3 is 4.57 Å². The van der Waals surface area contributed by atoms with Crippen molar-refractivity contribution in [2.75, 3.05) is 6.66 Å². The summed E-state index contributed by atoms with van der Waals surface area (Å²) in [6.07, 6.45) is 8.30. The van der Waals surface area contributed by atoms with Crippen molar-refractivity contribution in [1.82, 2.24) is 0 Å². The number of hydrogen-bond donors (Lipinski definition) is 0. The van der Waals surface area contributed by atoms with Crippen LogP contribution in [0.1, 0.15) is 12.8 Å². The Morgan fingerprint density at radius 1 is 1.13 bits per heavy atom. The molecule has 0 aliphatic heterocycles. The van der Waals surface area contributed by atoms with Gasteiger partial charge in [-0.15, -0.1) is 0 Å². The highest BCUT2D eigenvalue weighted by molar-refractivity contribution is 7.75. The fraction of sp³-hybridized carbons (Fsp3) is 0.231. The van der Waals surface area contributed by atoms with Gasteiger partial charge in [0.2, 0.25) is 0 Å². The van der Waals surface area contributed by atoms with Crippen LogP contribution in [0, 0.1) is 0 Å². The molecule has 2 heteroatoms. The minimum Gasteiger partial charge on any atom is -0.314 e. The molecule has 0 saturated carbocycles. The molecule has 1 aromatic rings. The molecule has 0 spiro atoms. The highest BCUT2D eigenvalue weighted by Crippen LogP contribution is 2.50. The topological polar surface area (TPSA) is 17.1 Å². The second-order valence-electron chi connectivity index (χ2n) is 3.87. The van der Waals surface area contributed by atoms with Crippen LogP contribution in [-0.4, -0.2) is 6.66 Å². The summed E-state index contributed by atoms with van der Waals surface area (Å²) in [5.74, 6) is 0. The first-order valence-electron chi connectivity index (χ1n) is 5.21. The zero-order valence-electron chi connectivity index (χ0n) is 8.89. The van der Waals surface area contributed by atoms with Crippen molar-refractivity contribution in [3.63, 3.8) is 0 Å². The molecule has 0 fully saturated rings. The summed E-state index contributed by atoms with van der Waals surface area (Å²) < 4.78 is 12.7. The summed E-state index contributed by atoms with van der Waals surface area (Å²) >= 11 is 0. The normalized spacial score (nSPS) is 19.4. The van der Waals surface area contributed by atoms with Crippen molar-refractivity contribution in [2.45, 2.75) is 12.8 Å². The Hall–Kier alpha value is -1.07. The van der Waals surface area contributed by atoms with E-state index in [4.69, 9.17) is 0 Å². The summed E-state index contributed by atoms with van der Waals surface area (Å²) in [4.78, 5) is 0. The van der Waals surface area contributed by atoms with Gasteiger partial charge in [0.15, 0.2) is 0 Å². The predicted octanol–water partition coefficient (Wildman–Crippen LogP) is 3.54. The number of benzene rings is 1. The summed E-state index contributed by atoms with van der Waals surface area (Å²) in [5, 5.41) is 1.95. The summed E-state index contributed by atoms with van der Waals surface area (Å²) in [6, 6.07) is 9.74. The second kappa shape index (κ2) is 4.20. The molecule has 0 N–H and O–H groups in total. The van der Waals surface area contributed by atoms with Crippen LogP contribution in [0.2, 0.25) is 0 Å². The fourth-order valence-corrected chi connectivity index (χ4v) is 3.68. The van der Waals surface area contributed by atoms with E-state index in [0.717, 1.165) is 23.5 Å². The Kier molecular flexibility index (Phi) is 2.93. The standard InChI is InChI=1S/C13H15OP/c1-15(14,12-8-4-2-5-9-12)13-10-6-3-7-11-13/h2,4-6,8-11H,3,7H2,1H3. The van der Waals surface area contributed by atoms with Gasteiger partial charge in [-0.25, -0.2) is 0 Å². The van der Waals surface area contributed by atoms with Gasteiger partial charge in [-0.1, -0.05) is 48.6 Å². The Balaban J connectivity index is 2.39.